The van der Waals surface area contributed by atoms with Gasteiger partial charge in [0.25, 0.3) is 5.91 Å². The summed E-state index contributed by atoms with van der Waals surface area (Å²) < 4.78 is 0. The van der Waals surface area contributed by atoms with Crippen molar-refractivity contribution < 1.29 is 9.59 Å². The lowest BCUT2D eigenvalue weighted by Gasteiger charge is -2.00. The summed E-state index contributed by atoms with van der Waals surface area (Å²) in [6.45, 7) is 0. The third-order valence-corrected chi connectivity index (χ3v) is 5.17. The molecule has 2 N–H and O–H groups in total. The number of carbonyl (C=O) groups excluding carboxylic acids is 2. The number of thiazole rings is 2. The number of hydrogen-bond acceptors (Lipinski definition) is 7. The molecule has 3 aromatic heterocycles. The van der Waals surface area contributed by atoms with Crippen LogP contribution in [0.15, 0.2) is 34.5 Å². The van der Waals surface area contributed by atoms with Crippen molar-refractivity contribution in [3.63, 3.8) is 0 Å². The van der Waals surface area contributed by atoms with Crippen LogP contribution in [0.5, 0.6) is 0 Å². The van der Waals surface area contributed by atoms with Crippen LogP contribution in [0.2, 0.25) is 0 Å². The van der Waals surface area contributed by atoms with Gasteiger partial charge in [-0.1, -0.05) is 6.07 Å². The molecule has 0 aliphatic carbocycles. The average Bonchev–Trinajstić information content (AvgIpc) is 3.28. The van der Waals surface area contributed by atoms with Gasteiger partial charge in [0, 0.05) is 23.4 Å². The van der Waals surface area contributed by atoms with Crippen LogP contribution in [0, 0.1) is 0 Å². The van der Waals surface area contributed by atoms with Crippen LogP contribution in [0.4, 0.5) is 10.3 Å². The van der Waals surface area contributed by atoms with Gasteiger partial charge in [0.15, 0.2) is 10.3 Å². The highest BCUT2D eigenvalue weighted by Gasteiger charge is 2.11. The Labute approximate surface area is 144 Å². The van der Waals surface area contributed by atoms with E-state index in [1.165, 1.54) is 34.0 Å². The van der Waals surface area contributed by atoms with E-state index in [-0.39, 0.29) is 11.8 Å². The second-order valence-electron chi connectivity index (χ2n) is 4.46. The Morgan fingerprint density at radius 3 is 2.74 bits per heavy atom. The van der Waals surface area contributed by atoms with Crippen molar-refractivity contribution in [2.75, 3.05) is 10.6 Å². The van der Waals surface area contributed by atoms with Gasteiger partial charge in [-0.15, -0.1) is 34.0 Å². The van der Waals surface area contributed by atoms with E-state index in [1.807, 2.05) is 16.8 Å². The van der Waals surface area contributed by atoms with Crippen LogP contribution >= 0.6 is 34.0 Å². The first-order valence-electron chi connectivity index (χ1n) is 6.69. The third kappa shape index (κ3) is 4.44. The van der Waals surface area contributed by atoms with E-state index >= 15 is 0 Å². The highest BCUT2D eigenvalue weighted by molar-refractivity contribution is 7.14. The molecule has 2 amide bonds. The molecule has 0 spiro atoms. The van der Waals surface area contributed by atoms with Gasteiger partial charge in [0.05, 0.1) is 10.6 Å². The molecule has 3 aromatic rings. The first-order valence-corrected chi connectivity index (χ1v) is 9.33. The van der Waals surface area contributed by atoms with Crippen LogP contribution in [-0.2, 0) is 11.2 Å². The molecular weight excluding hydrogens is 352 g/mol. The van der Waals surface area contributed by atoms with Crippen molar-refractivity contribution in [3.8, 4) is 0 Å². The molecule has 0 aliphatic heterocycles. The molecule has 0 aromatic carbocycles. The number of nitrogens with zero attached hydrogens (tertiary/aromatic N) is 2. The molecule has 0 aliphatic rings. The fourth-order valence-electron chi connectivity index (χ4n) is 1.75. The average molecular weight is 364 g/mol. The molecule has 0 bridgehead atoms. The predicted molar refractivity (Wildman–Crippen MR) is 93.5 cm³/mol. The SMILES string of the molecule is O=C(CCc1csc(NC(=O)c2cccs2)n1)Nc1nccs1. The monoisotopic (exact) mass is 364 g/mol. The highest BCUT2D eigenvalue weighted by Crippen LogP contribution is 2.19. The molecule has 0 saturated heterocycles. The normalized spacial score (nSPS) is 10.4. The van der Waals surface area contributed by atoms with E-state index in [1.54, 1.807) is 17.6 Å². The predicted octanol–water partition coefficient (Wildman–Crippen LogP) is 3.48. The van der Waals surface area contributed by atoms with Gasteiger partial charge in [-0.3, -0.25) is 14.9 Å². The van der Waals surface area contributed by atoms with E-state index < -0.39 is 0 Å². The van der Waals surface area contributed by atoms with Gasteiger partial charge >= 0.3 is 0 Å². The fourth-order valence-corrected chi connectivity index (χ4v) is 3.66. The van der Waals surface area contributed by atoms with Crippen LogP contribution in [0.3, 0.4) is 0 Å². The van der Waals surface area contributed by atoms with Crippen molar-refractivity contribution in [3.05, 3.63) is 45.0 Å². The molecule has 3 heterocycles. The second-order valence-corrected chi connectivity index (χ2v) is 7.16. The van der Waals surface area contributed by atoms with Crippen LogP contribution in [0.1, 0.15) is 21.8 Å². The zero-order chi connectivity index (χ0) is 16.1. The van der Waals surface area contributed by atoms with Gasteiger partial charge in [0.1, 0.15) is 0 Å². The van der Waals surface area contributed by atoms with Crippen molar-refractivity contribution in [2.45, 2.75) is 12.8 Å². The topological polar surface area (TPSA) is 84.0 Å². The number of aromatic nitrogens is 2. The molecule has 0 saturated carbocycles. The summed E-state index contributed by atoms with van der Waals surface area (Å²) in [6.07, 6.45) is 2.48. The maximum absolute atomic E-state index is 11.9. The first kappa shape index (κ1) is 15.8. The Balaban J connectivity index is 1.49. The number of hydrogen-bond donors (Lipinski definition) is 2. The largest absolute Gasteiger partial charge is 0.302 e. The lowest BCUT2D eigenvalue weighted by atomic mass is 10.2. The summed E-state index contributed by atoms with van der Waals surface area (Å²) in [5.41, 5.74) is 0.783. The molecule has 6 nitrogen and oxygen atoms in total. The number of anilines is 2. The minimum absolute atomic E-state index is 0.0999. The van der Waals surface area contributed by atoms with Crippen LogP contribution in [-0.4, -0.2) is 21.8 Å². The van der Waals surface area contributed by atoms with Crippen LogP contribution < -0.4 is 10.6 Å². The van der Waals surface area contributed by atoms with Crippen LogP contribution in [0.25, 0.3) is 0 Å². The van der Waals surface area contributed by atoms with E-state index in [2.05, 4.69) is 20.6 Å². The molecular formula is C14H12N4O2S3. The Hall–Kier alpha value is -2.10. The zero-order valence-corrected chi connectivity index (χ0v) is 14.3. The van der Waals surface area contributed by atoms with Gasteiger partial charge < -0.3 is 5.32 Å². The maximum Gasteiger partial charge on any atom is 0.267 e. The summed E-state index contributed by atoms with van der Waals surface area (Å²) in [6, 6.07) is 3.59. The molecule has 0 fully saturated rings. The van der Waals surface area contributed by atoms with Crippen molar-refractivity contribution in [1.82, 2.24) is 9.97 Å². The smallest absolute Gasteiger partial charge is 0.267 e. The summed E-state index contributed by atoms with van der Waals surface area (Å²) >= 11 is 4.11. The lowest BCUT2D eigenvalue weighted by Crippen LogP contribution is -2.12. The van der Waals surface area contributed by atoms with Gasteiger partial charge in [0.2, 0.25) is 5.91 Å². The minimum atomic E-state index is -0.164. The molecule has 23 heavy (non-hydrogen) atoms. The molecule has 3 rings (SSSR count). The third-order valence-electron chi connectivity index (χ3n) is 2.80. The quantitative estimate of drug-likeness (QED) is 0.701. The lowest BCUT2D eigenvalue weighted by molar-refractivity contribution is -0.116. The highest BCUT2D eigenvalue weighted by atomic mass is 32.1. The number of aryl methyl sites for hydroxylation is 1. The van der Waals surface area contributed by atoms with E-state index in [9.17, 15) is 9.59 Å². The number of thiophene rings is 1. The maximum atomic E-state index is 11.9. The Bertz CT molecular complexity index is 781. The summed E-state index contributed by atoms with van der Waals surface area (Å²) in [5.74, 6) is -0.264. The summed E-state index contributed by atoms with van der Waals surface area (Å²) in [7, 11) is 0. The van der Waals surface area contributed by atoms with Gasteiger partial charge in [-0.2, -0.15) is 0 Å². The molecule has 0 atom stereocenters. The molecule has 9 heteroatoms. The zero-order valence-electron chi connectivity index (χ0n) is 11.8. The molecule has 0 radical (unpaired) electrons. The fraction of sp³-hybridized carbons (Fsp3) is 0.143. The Kier molecular flexibility index (Phi) is 5.11. The van der Waals surface area contributed by atoms with E-state index in [0.29, 0.717) is 28.0 Å². The second kappa shape index (κ2) is 7.44. The number of rotatable bonds is 6. The van der Waals surface area contributed by atoms with Crippen molar-refractivity contribution >= 4 is 56.1 Å². The standard InChI is InChI=1S/C14H12N4O2S3/c19-11(17-13-15-5-7-22-13)4-3-9-8-23-14(16-9)18-12(20)10-2-1-6-21-10/h1-2,5-8H,3-4H2,(H,15,17,19)(H,16,18,20). The number of nitrogens with one attached hydrogen (secondary N) is 2. The Morgan fingerprint density at radius 1 is 1.09 bits per heavy atom. The van der Waals surface area contributed by atoms with Gasteiger partial charge in [-0.05, 0) is 17.9 Å². The Morgan fingerprint density at radius 2 is 2.00 bits per heavy atom. The molecule has 0 unspecified atom stereocenters. The minimum Gasteiger partial charge on any atom is -0.302 e. The summed E-state index contributed by atoms with van der Waals surface area (Å²) in [4.78, 5) is 32.7. The molecule has 118 valence electrons. The number of carbonyl (C=O) groups is 2. The first-order chi connectivity index (χ1) is 11.2. The number of amides is 2. The van der Waals surface area contributed by atoms with Crippen molar-refractivity contribution in [2.24, 2.45) is 0 Å². The van der Waals surface area contributed by atoms with Crippen molar-refractivity contribution in [1.29, 1.82) is 0 Å². The van der Waals surface area contributed by atoms with E-state index in [0.717, 1.165) is 5.69 Å². The van der Waals surface area contributed by atoms with Gasteiger partial charge in [-0.25, -0.2) is 9.97 Å². The summed E-state index contributed by atoms with van der Waals surface area (Å²) in [5, 5.41) is 12.1. The van der Waals surface area contributed by atoms with E-state index in [4.69, 9.17) is 0 Å².